The monoisotopic (exact) mass is 548 g/mol. The summed E-state index contributed by atoms with van der Waals surface area (Å²) in [6, 6.07) is 31.0. The molecule has 0 bridgehead atoms. The molecule has 4 aromatic rings. The molecule has 4 aromatic carbocycles. The number of carbonyl (C=O) groups excluding carboxylic acids is 1. The van der Waals surface area contributed by atoms with E-state index in [9.17, 15) is 4.79 Å². The summed E-state index contributed by atoms with van der Waals surface area (Å²) in [7, 11) is 0. The number of hydrogen-bond donors (Lipinski definition) is 2. The summed E-state index contributed by atoms with van der Waals surface area (Å²) in [5.74, 6) is 0.557. The quantitative estimate of drug-likeness (QED) is 0.165. The maximum absolute atomic E-state index is 12.2. The van der Waals surface area contributed by atoms with Gasteiger partial charge in [0.05, 0.1) is 5.69 Å². The minimum absolute atomic E-state index is 0.221. The molecule has 0 aromatic heterocycles. The number of esters is 1. The topological polar surface area (TPSA) is 73.6 Å². The van der Waals surface area contributed by atoms with E-state index in [1.807, 2.05) is 48.5 Å². The number of fused-ring (bicyclic) bond motifs is 1. The van der Waals surface area contributed by atoms with Crippen molar-refractivity contribution in [2.45, 2.75) is 64.7 Å². The molecule has 0 heterocycles. The minimum Gasteiger partial charge on any atom is -0.487 e. The smallest absolute Gasteiger partial charge is 0.303 e. The lowest BCUT2D eigenvalue weighted by Crippen LogP contribution is -2.48. The molecule has 0 amide bonds. The fourth-order valence-corrected chi connectivity index (χ4v) is 6.00. The molecular weight excluding hydrogens is 508 g/mol. The molecule has 5 rings (SSSR count). The lowest BCUT2D eigenvalue weighted by Gasteiger charge is -2.35. The second kappa shape index (κ2) is 12.2. The van der Waals surface area contributed by atoms with E-state index in [4.69, 9.17) is 15.2 Å². The molecule has 1 aliphatic carbocycles. The standard InChI is InChI=1S/C36H40N2O3/c1-24-17-30-21-36(4,32(31(30)18-25(24)2)19-27-11-7-5-8-12-27)38-22-35(41-26(3)39)29-15-16-34(33(37)20-29)40-23-28-13-9-6-10-14-28/h5-18,20,32,35,38H,19,21-23,37H2,1-4H3/t32?,35?,36-/m1/s1. The molecule has 0 radical (unpaired) electrons. The van der Waals surface area contributed by atoms with E-state index in [0.29, 0.717) is 24.6 Å². The number of benzene rings is 4. The van der Waals surface area contributed by atoms with Gasteiger partial charge in [-0.05, 0) is 84.7 Å². The van der Waals surface area contributed by atoms with Crippen LogP contribution in [-0.2, 0) is 29.0 Å². The summed E-state index contributed by atoms with van der Waals surface area (Å²) in [6.45, 7) is 9.01. The number of hydrogen-bond acceptors (Lipinski definition) is 5. The number of nitrogen functional groups attached to an aromatic ring is 1. The maximum Gasteiger partial charge on any atom is 0.303 e. The fourth-order valence-electron chi connectivity index (χ4n) is 6.00. The number of ether oxygens (including phenoxy) is 2. The van der Waals surface area contributed by atoms with Crippen molar-refractivity contribution in [3.63, 3.8) is 0 Å². The molecule has 5 nitrogen and oxygen atoms in total. The number of nitrogens with two attached hydrogens (primary N) is 1. The van der Waals surface area contributed by atoms with E-state index in [0.717, 1.165) is 24.0 Å². The second-order valence-electron chi connectivity index (χ2n) is 11.5. The first-order valence-electron chi connectivity index (χ1n) is 14.3. The molecule has 1 aliphatic rings. The summed E-state index contributed by atoms with van der Waals surface area (Å²) in [6.07, 6.45) is 1.35. The van der Waals surface area contributed by atoms with Crippen LogP contribution in [0.15, 0.2) is 91.0 Å². The van der Waals surface area contributed by atoms with E-state index in [-0.39, 0.29) is 17.4 Å². The fraction of sp³-hybridized carbons (Fsp3) is 0.306. The Bertz CT molecular complexity index is 1500. The van der Waals surface area contributed by atoms with Crippen molar-refractivity contribution >= 4 is 11.7 Å². The van der Waals surface area contributed by atoms with E-state index in [1.165, 1.54) is 34.7 Å². The number of aryl methyl sites for hydroxylation is 2. The van der Waals surface area contributed by atoms with Crippen LogP contribution in [0.3, 0.4) is 0 Å². The molecule has 41 heavy (non-hydrogen) atoms. The molecule has 0 saturated heterocycles. The predicted octanol–water partition coefficient (Wildman–Crippen LogP) is 7.00. The summed E-state index contributed by atoms with van der Waals surface area (Å²) in [5, 5.41) is 3.85. The molecule has 0 aliphatic heterocycles. The zero-order valence-electron chi connectivity index (χ0n) is 24.4. The Morgan fingerprint density at radius 2 is 1.61 bits per heavy atom. The van der Waals surface area contributed by atoms with Gasteiger partial charge in [0, 0.05) is 24.9 Å². The van der Waals surface area contributed by atoms with Crippen LogP contribution in [-0.4, -0.2) is 18.1 Å². The molecule has 0 saturated carbocycles. The highest BCUT2D eigenvalue weighted by Crippen LogP contribution is 2.44. The van der Waals surface area contributed by atoms with Gasteiger partial charge in [0.15, 0.2) is 0 Å². The van der Waals surface area contributed by atoms with Gasteiger partial charge in [-0.3, -0.25) is 4.79 Å². The van der Waals surface area contributed by atoms with Crippen molar-refractivity contribution < 1.29 is 14.3 Å². The molecule has 212 valence electrons. The highest BCUT2D eigenvalue weighted by Gasteiger charge is 2.43. The predicted molar refractivity (Wildman–Crippen MR) is 165 cm³/mol. The van der Waals surface area contributed by atoms with E-state index < -0.39 is 6.10 Å². The van der Waals surface area contributed by atoms with Crippen LogP contribution < -0.4 is 15.8 Å². The van der Waals surface area contributed by atoms with Gasteiger partial charge < -0.3 is 20.5 Å². The van der Waals surface area contributed by atoms with Crippen molar-refractivity contribution in [3.05, 3.63) is 130 Å². The number of nitrogens with one attached hydrogen (secondary N) is 1. The Kier molecular flexibility index (Phi) is 8.46. The van der Waals surface area contributed by atoms with Gasteiger partial charge in [-0.2, -0.15) is 0 Å². The van der Waals surface area contributed by atoms with Crippen molar-refractivity contribution in [3.8, 4) is 5.75 Å². The highest BCUT2D eigenvalue weighted by molar-refractivity contribution is 5.66. The van der Waals surface area contributed by atoms with Crippen molar-refractivity contribution in [2.75, 3.05) is 12.3 Å². The van der Waals surface area contributed by atoms with Gasteiger partial charge in [0.25, 0.3) is 0 Å². The summed E-state index contributed by atoms with van der Waals surface area (Å²) >= 11 is 0. The Hall–Kier alpha value is -4.09. The van der Waals surface area contributed by atoms with E-state index >= 15 is 0 Å². The van der Waals surface area contributed by atoms with Gasteiger partial charge >= 0.3 is 5.97 Å². The Labute approximate surface area is 243 Å². The zero-order chi connectivity index (χ0) is 29.0. The first-order chi connectivity index (χ1) is 19.7. The molecule has 3 atom stereocenters. The zero-order valence-corrected chi connectivity index (χ0v) is 24.4. The van der Waals surface area contributed by atoms with Gasteiger partial charge in [-0.15, -0.1) is 0 Å². The number of rotatable bonds is 10. The summed E-state index contributed by atoms with van der Waals surface area (Å²) in [4.78, 5) is 12.2. The third-order valence-electron chi connectivity index (χ3n) is 8.38. The average Bonchev–Trinajstić information content (AvgIpc) is 3.21. The Morgan fingerprint density at radius 1 is 0.951 bits per heavy atom. The van der Waals surface area contributed by atoms with Crippen LogP contribution in [0.5, 0.6) is 5.75 Å². The van der Waals surface area contributed by atoms with Crippen molar-refractivity contribution in [2.24, 2.45) is 0 Å². The lowest BCUT2D eigenvalue weighted by molar-refractivity contribution is -0.146. The van der Waals surface area contributed by atoms with Crippen LogP contribution in [0.4, 0.5) is 5.69 Å². The van der Waals surface area contributed by atoms with Gasteiger partial charge in [-0.1, -0.05) is 78.9 Å². The van der Waals surface area contributed by atoms with Crippen LogP contribution in [0.2, 0.25) is 0 Å². The second-order valence-corrected chi connectivity index (χ2v) is 11.5. The first kappa shape index (κ1) is 28.4. The molecule has 2 unspecified atom stereocenters. The molecular formula is C36H40N2O3. The number of anilines is 1. The van der Waals surface area contributed by atoms with Crippen LogP contribution >= 0.6 is 0 Å². The van der Waals surface area contributed by atoms with Crippen LogP contribution in [0, 0.1) is 13.8 Å². The van der Waals surface area contributed by atoms with Crippen LogP contribution in [0.25, 0.3) is 0 Å². The molecule has 0 fully saturated rings. The number of carbonyl (C=O) groups is 1. The van der Waals surface area contributed by atoms with Crippen molar-refractivity contribution in [1.82, 2.24) is 5.32 Å². The molecule has 5 heteroatoms. The SMILES string of the molecule is CC(=O)OC(CN[C@]1(C)Cc2cc(C)c(C)cc2C1Cc1ccccc1)c1ccc(OCc2ccccc2)c(N)c1. The largest absolute Gasteiger partial charge is 0.487 e. The van der Waals surface area contributed by atoms with Gasteiger partial charge in [-0.25, -0.2) is 0 Å². The van der Waals surface area contributed by atoms with E-state index in [2.05, 4.69) is 68.6 Å². The Balaban J connectivity index is 1.36. The Morgan fingerprint density at radius 3 is 2.27 bits per heavy atom. The third kappa shape index (κ3) is 6.63. The van der Waals surface area contributed by atoms with Gasteiger partial charge in [0.2, 0.25) is 0 Å². The summed E-state index contributed by atoms with van der Waals surface area (Å²) < 4.78 is 11.8. The molecule has 3 N–H and O–H groups in total. The highest BCUT2D eigenvalue weighted by atomic mass is 16.5. The average molecular weight is 549 g/mol. The van der Waals surface area contributed by atoms with Gasteiger partial charge in [0.1, 0.15) is 18.5 Å². The van der Waals surface area contributed by atoms with Crippen molar-refractivity contribution in [1.29, 1.82) is 0 Å². The van der Waals surface area contributed by atoms with E-state index in [1.54, 1.807) is 0 Å². The molecule has 0 spiro atoms. The summed E-state index contributed by atoms with van der Waals surface area (Å²) in [5.41, 5.74) is 15.3. The minimum atomic E-state index is -0.487. The maximum atomic E-state index is 12.2. The normalized spacial score (nSPS) is 18.5. The third-order valence-corrected chi connectivity index (χ3v) is 8.38. The first-order valence-corrected chi connectivity index (χ1v) is 14.3. The van der Waals surface area contributed by atoms with Crippen LogP contribution in [0.1, 0.15) is 64.8 Å². The lowest BCUT2D eigenvalue weighted by atomic mass is 9.81.